The Morgan fingerprint density at radius 2 is 2.36 bits per heavy atom. The van der Waals surface area contributed by atoms with E-state index in [-0.39, 0.29) is 6.04 Å². The van der Waals surface area contributed by atoms with Crippen LogP contribution in [0, 0.1) is 0 Å². The van der Waals surface area contributed by atoms with Crippen molar-refractivity contribution in [2.75, 3.05) is 0 Å². The van der Waals surface area contributed by atoms with Crippen LogP contribution in [0.3, 0.4) is 0 Å². The molecule has 1 aliphatic rings. The van der Waals surface area contributed by atoms with E-state index in [1.807, 2.05) is 4.57 Å². The van der Waals surface area contributed by atoms with Crippen LogP contribution < -0.4 is 5.73 Å². The minimum absolute atomic E-state index is 0.225. The minimum Gasteiger partial charge on any atom is -0.327 e. The molecule has 2 heterocycles. The highest BCUT2D eigenvalue weighted by molar-refractivity contribution is 6.28. The number of aromatic nitrogens is 3. The van der Waals surface area contributed by atoms with Crippen LogP contribution in [-0.2, 0) is 13.0 Å². The summed E-state index contributed by atoms with van der Waals surface area (Å²) in [4.78, 5) is 0. The predicted molar refractivity (Wildman–Crippen MR) is 41.3 cm³/mol. The first-order valence-corrected chi connectivity index (χ1v) is 3.98. The quantitative estimate of drug-likeness (QED) is 0.609. The molecule has 5 heteroatoms. The lowest BCUT2D eigenvalue weighted by Crippen LogP contribution is -2.30. The summed E-state index contributed by atoms with van der Waals surface area (Å²) in [5.74, 6) is 0.911. The van der Waals surface area contributed by atoms with Crippen LogP contribution in [0.5, 0.6) is 0 Å². The highest BCUT2D eigenvalue weighted by Crippen LogP contribution is 2.16. The van der Waals surface area contributed by atoms with Gasteiger partial charge >= 0.3 is 0 Å². The molecule has 2 rings (SSSR count). The number of hydrogen-bond donors (Lipinski definition) is 1. The van der Waals surface area contributed by atoms with Gasteiger partial charge < -0.3 is 10.3 Å². The smallest absolute Gasteiger partial charge is 0.225 e. The topological polar surface area (TPSA) is 56.7 Å². The molecule has 11 heavy (non-hydrogen) atoms. The van der Waals surface area contributed by atoms with Crippen LogP contribution >= 0.6 is 11.6 Å². The Bertz CT molecular complexity index is 270. The van der Waals surface area contributed by atoms with Gasteiger partial charge in [-0.25, -0.2) is 0 Å². The maximum atomic E-state index is 5.75. The number of nitrogens with two attached hydrogens (primary N) is 1. The molecule has 0 saturated carbocycles. The first kappa shape index (κ1) is 7.06. The van der Waals surface area contributed by atoms with Gasteiger partial charge in [0.25, 0.3) is 0 Å². The second kappa shape index (κ2) is 2.46. The molecule has 0 bridgehead atoms. The number of fused-ring (bicyclic) bond motifs is 1. The molecule has 0 fully saturated rings. The Balaban J connectivity index is 2.36. The molecule has 1 unspecified atom stereocenters. The fourth-order valence-electron chi connectivity index (χ4n) is 1.32. The zero-order valence-electron chi connectivity index (χ0n) is 6.00. The van der Waals surface area contributed by atoms with Crippen molar-refractivity contribution >= 4 is 11.6 Å². The largest absolute Gasteiger partial charge is 0.327 e. The van der Waals surface area contributed by atoms with Gasteiger partial charge in [-0.1, -0.05) is 0 Å². The Morgan fingerprint density at radius 3 is 3.18 bits per heavy atom. The van der Waals surface area contributed by atoms with Crippen LogP contribution in [0.1, 0.15) is 12.2 Å². The van der Waals surface area contributed by atoms with E-state index in [1.54, 1.807) is 0 Å². The molecule has 60 valence electrons. The van der Waals surface area contributed by atoms with Crippen LogP contribution in [0.2, 0.25) is 5.28 Å². The second-order valence-corrected chi connectivity index (χ2v) is 3.13. The van der Waals surface area contributed by atoms with Crippen LogP contribution in [-0.4, -0.2) is 20.8 Å². The summed E-state index contributed by atoms with van der Waals surface area (Å²) in [6.45, 7) is 0.850. The lowest BCUT2D eigenvalue weighted by molar-refractivity contribution is 0.463. The van der Waals surface area contributed by atoms with E-state index in [4.69, 9.17) is 17.3 Å². The maximum absolute atomic E-state index is 5.75. The van der Waals surface area contributed by atoms with Crippen molar-refractivity contribution in [3.63, 3.8) is 0 Å². The highest BCUT2D eigenvalue weighted by atomic mass is 35.5. The summed E-state index contributed by atoms with van der Waals surface area (Å²) in [7, 11) is 0. The summed E-state index contributed by atoms with van der Waals surface area (Å²) in [5.41, 5.74) is 5.73. The fraction of sp³-hybridized carbons (Fsp3) is 0.667. The van der Waals surface area contributed by atoms with E-state index in [1.165, 1.54) is 0 Å². The molecular formula is C6H9ClN4. The van der Waals surface area contributed by atoms with Crippen molar-refractivity contribution in [3.05, 3.63) is 11.1 Å². The third kappa shape index (κ3) is 1.12. The first-order chi connectivity index (χ1) is 5.27. The molecule has 1 atom stereocenters. The van der Waals surface area contributed by atoms with Crippen molar-refractivity contribution < 1.29 is 0 Å². The molecule has 0 spiro atoms. The van der Waals surface area contributed by atoms with Crippen LogP contribution in [0.15, 0.2) is 0 Å². The third-order valence-corrected chi connectivity index (χ3v) is 2.23. The molecule has 0 aromatic carbocycles. The summed E-state index contributed by atoms with van der Waals surface area (Å²) in [6, 6.07) is 0.225. The maximum Gasteiger partial charge on any atom is 0.225 e. The number of halogens is 1. The number of rotatable bonds is 0. The van der Waals surface area contributed by atoms with Gasteiger partial charge in [0, 0.05) is 19.0 Å². The Kier molecular flexibility index (Phi) is 1.58. The van der Waals surface area contributed by atoms with Crippen LogP contribution in [0.25, 0.3) is 0 Å². The molecule has 2 N–H and O–H groups in total. The Hall–Kier alpha value is -0.610. The van der Waals surface area contributed by atoms with Crippen LogP contribution in [0.4, 0.5) is 0 Å². The molecule has 1 aliphatic heterocycles. The summed E-state index contributed by atoms with van der Waals surface area (Å²) in [6.07, 6.45) is 1.75. The van der Waals surface area contributed by atoms with Gasteiger partial charge in [-0.05, 0) is 18.0 Å². The van der Waals surface area contributed by atoms with E-state index in [2.05, 4.69) is 10.2 Å². The van der Waals surface area contributed by atoms with Crippen molar-refractivity contribution in [2.24, 2.45) is 5.73 Å². The van der Waals surface area contributed by atoms with E-state index in [0.717, 1.165) is 25.2 Å². The summed E-state index contributed by atoms with van der Waals surface area (Å²) in [5, 5.41) is 8.14. The molecule has 4 nitrogen and oxygen atoms in total. The molecule has 0 aliphatic carbocycles. The molecule has 0 radical (unpaired) electrons. The van der Waals surface area contributed by atoms with E-state index in [9.17, 15) is 0 Å². The van der Waals surface area contributed by atoms with Gasteiger partial charge in [-0.2, -0.15) is 0 Å². The van der Waals surface area contributed by atoms with Gasteiger partial charge in [-0.3, -0.25) is 0 Å². The highest BCUT2D eigenvalue weighted by Gasteiger charge is 2.18. The number of hydrogen-bond acceptors (Lipinski definition) is 3. The standard InChI is InChI=1S/C6H9ClN4/c7-6-10-9-5-3-4(8)1-2-11(5)6/h4H,1-3,8H2. The van der Waals surface area contributed by atoms with Gasteiger partial charge in [-0.15, -0.1) is 10.2 Å². The monoisotopic (exact) mass is 172 g/mol. The van der Waals surface area contributed by atoms with Gasteiger partial charge in [0.05, 0.1) is 0 Å². The third-order valence-electron chi connectivity index (χ3n) is 1.95. The average Bonchev–Trinajstić information content (AvgIpc) is 2.32. The first-order valence-electron chi connectivity index (χ1n) is 3.60. The zero-order valence-corrected chi connectivity index (χ0v) is 6.75. The molecule has 1 aromatic rings. The van der Waals surface area contributed by atoms with Crippen molar-refractivity contribution in [3.8, 4) is 0 Å². The lowest BCUT2D eigenvalue weighted by Gasteiger charge is -2.18. The Morgan fingerprint density at radius 1 is 1.55 bits per heavy atom. The number of nitrogens with zero attached hydrogens (tertiary/aromatic N) is 3. The van der Waals surface area contributed by atoms with E-state index in [0.29, 0.717) is 5.28 Å². The van der Waals surface area contributed by atoms with Gasteiger partial charge in [0.2, 0.25) is 5.28 Å². The molecule has 0 saturated heterocycles. The Labute approximate surface area is 69.4 Å². The molecule has 1 aromatic heterocycles. The zero-order chi connectivity index (χ0) is 7.84. The summed E-state index contributed by atoms with van der Waals surface area (Å²) >= 11 is 5.75. The molecule has 0 amide bonds. The predicted octanol–water partition coefficient (Wildman–Crippen LogP) is 0.205. The average molecular weight is 173 g/mol. The second-order valence-electron chi connectivity index (χ2n) is 2.79. The SMILES string of the molecule is NC1CCn2c(Cl)nnc2C1. The summed E-state index contributed by atoms with van der Waals surface area (Å²) < 4.78 is 1.91. The van der Waals surface area contributed by atoms with Crippen molar-refractivity contribution in [1.82, 2.24) is 14.8 Å². The van der Waals surface area contributed by atoms with Gasteiger partial charge in [0.15, 0.2) is 0 Å². The lowest BCUT2D eigenvalue weighted by atomic mass is 10.1. The van der Waals surface area contributed by atoms with Gasteiger partial charge in [0.1, 0.15) is 5.82 Å². The van der Waals surface area contributed by atoms with Crippen molar-refractivity contribution in [1.29, 1.82) is 0 Å². The fourth-order valence-corrected chi connectivity index (χ4v) is 1.54. The van der Waals surface area contributed by atoms with E-state index < -0.39 is 0 Å². The minimum atomic E-state index is 0.225. The van der Waals surface area contributed by atoms with Crippen molar-refractivity contribution in [2.45, 2.75) is 25.4 Å². The molecular weight excluding hydrogens is 164 g/mol. The normalized spacial score (nSPS) is 23.3. The van der Waals surface area contributed by atoms with E-state index >= 15 is 0 Å².